The summed E-state index contributed by atoms with van der Waals surface area (Å²) in [6, 6.07) is 0. The van der Waals surface area contributed by atoms with Gasteiger partial charge in [0.2, 0.25) is 6.41 Å². The van der Waals surface area contributed by atoms with E-state index < -0.39 is 0 Å². The maximum absolute atomic E-state index is 11.2. The molecule has 1 amide bonds. The number of unbranched alkanes of at least 4 members (excludes halogenated alkanes) is 2. The smallest absolute Gasteiger partial charge is 0.207 e. The Morgan fingerprint density at radius 3 is 2.54 bits per heavy atom. The third kappa shape index (κ3) is 7.50. The van der Waals surface area contributed by atoms with Crippen LogP contribution < -0.4 is 5.32 Å². The molecule has 0 atom stereocenters. The van der Waals surface area contributed by atoms with Crippen molar-refractivity contribution in [1.29, 1.82) is 0 Å². The Hall–Kier alpha value is -0.860. The van der Waals surface area contributed by atoms with Crippen LogP contribution in [0.1, 0.15) is 39.5 Å². The molecule has 0 aliphatic rings. The number of Topliss-reactive ketones (excluding diaryl/α,β-unsaturated/α-hetero) is 1. The molecule has 0 unspecified atom stereocenters. The van der Waals surface area contributed by atoms with Crippen molar-refractivity contribution in [2.75, 3.05) is 6.54 Å². The van der Waals surface area contributed by atoms with Crippen LogP contribution in [0.2, 0.25) is 0 Å². The first-order valence-corrected chi connectivity index (χ1v) is 4.88. The highest BCUT2D eigenvalue weighted by atomic mass is 16.1. The molecule has 0 aromatic rings. The molecule has 0 spiro atoms. The van der Waals surface area contributed by atoms with Crippen molar-refractivity contribution >= 4 is 12.2 Å². The zero-order valence-corrected chi connectivity index (χ0v) is 8.51. The van der Waals surface area contributed by atoms with Crippen molar-refractivity contribution in [2.24, 2.45) is 5.92 Å². The number of amides is 1. The third-order valence-corrected chi connectivity index (χ3v) is 1.97. The molecular weight excluding hydrogens is 166 g/mol. The van der Waals surface area contributed by atoms with Gasteiger partial charge < -0.3 is 5.32 Å². The average molecular weight is 185 g/mol. The van der Waals surface area contributed by atoms with Gasteiger partial charge in [0.1, 0.15) is 5.78 Å². The lowest BCUT2D eigenvalue weighted by atomic mass is 10.0. The van der Waals surface area contributed by atoms with Crippen LogP contribution in [-0.2, 0) is 9.59 Å². The van der Waals surface area contributed by atoms with Crippen molar-refractivity contribution in [3.8, 4) is 0 Å². The van der Waals surface area contributed by atoms with Crippen LogP contribution in [0.25, 0.3) is 0 Å². The molecule has 0 aliphatic carbocycles. The van der Waals surface area contributed by atoms with Crippen LogP contribution in [-0.4, -0.2) is 18.7 Å². The summed E-state index contributed by atoms with van der Waals surface area (Å²) >= 11 is 0. The molecule has 1 N–H and O–H groups in total. The molecule has 0 heterocycles. The van der Waals surface area contributed by atoms with Crippen molar-refractivity contribution in [1.82, 2.24) is 5.32 Å². The third-order valence-electron chi connectivity index (χ3n) is 1.97. The quantitative estimate of drug-likeness (QED) is 0.460. The molecule has 0 radical (unpaired) electrons. The lowest BCUT2D eigenvalue weighted by Gasteiger charge is -2.03. The summed E-state index contributed by atoms with van der Waals surface area (Å²) < 4.78 is 0. The van der Waals surface area contributed by atoms with Gasteiger partial charge in [0.15, 0.2) is 0 Å². The number of hydrogen-bond acceptors (Lipinski definition) is 2. The minimum atomic E-state index is 0.160. The Labute approximate surface area is 79.9 Å². The standard InChI is InChI=1S/C10H19NO2/c1-9(2)10(13)6-4-3-5-7-11-8-12/h8-9H,3-7H2,1-2H3,(H,11,12). The minimum Gasteiger partial charge on any atom is -0.359 e. The maximum Gasteiger partial charge on any atom is 0.207 e. The highest BCUT2D eigenvalue weighted by molar-refractivity contribution is 5.80. The fourth-order valence-electron chi connectivity index (χ4n) is 1.05. The maximum atomic E-state index is 11.2. The van der Waals surface area contributed by atoms with Crippen LogP contribution in [0.5, 0.6) is 0 Å². The summed E-state index contributed by atoms with van der Waals surface area (Å²) in [6.45, 7) is 4.58. The number of carbonyl (C=O) groups excluding carboxylic acids is 2. The van der Waals surface area contributed by atoms with Gasteiger partial charge >= 0.3 is 0 Å². The number of hydrogen-bond donors (Lipinski definition) is 1. The van der Waals surface area contributed by atoms with Crippen LogP contribution in [0.4, 0.5) is 0 Å². The first-order chi connectivity index (χ1) is 6.18. The summed E-state index contributed by atoms with van der Waals surface area (Å²) in [5.74, 6) is 0.497. The van der Waals surface area contributed by atoms with Crippen LogP contribution in [0.3, 0.4) is 0 Å². The predicted octanol–water partition coefficient (Wildman–Crippen LogP) is 1.52. The molecule has 13 heavy (non-hydrogen) atoms. The molecule has 0 fully saturated rings. The van der Waals surface area contributed by atoms with E-state index in [1.807, 2.05) is 13.8 Å². The average Bonchev–Trinajstić information content (AvgIpc) is 2.10. The van der Waals surface area contributed by atoms with Crippen molar-refractivity contribution in [3.05, 3.63) is 0 Å². The van der Waals surface area contributed by atoms with Gasteiger partial charge in [-0.2, -0.15) is 0 Å². The van der Waals surface area contributed by atoms with E-state index in [1.54, 1.807) is 0 Å². The second kappa shape index (κ2) is 7.77. The first kappa shape index (κ1) is 12.1. The molecule has 0 aromatic heterocycles. The summed E-state index contributed by atoms with van der Waals surface area (Å²) in [5.41, 5.74) is 0. The van der Waals surface area contributed by atoms with E-state index >= 15 is 0 Å². The predicted molar refractivity (Wildman–Crippen MR) is 52.4 cm³/mol. The fraction of sp³-hybridized carbons (Fsp3) is 0.800. The molecule has 3 nitrogen and oxygen atoms in total. The monoisotopic (exact) mass is 185 g/mol. The molecule has 3 heteroatoms. The van der Waals surface area contributed by atoms with E-state index in [0.717, 1.165) is 25.8 Å². The first-order valence-electron chi connectivity index (χ1n) is 4.88. The zero-order valence-electron chi connectivity index (χ0n) is 8.51. The zero-order chi connectivity index (χ0) is 10.1. The van der Waals surface area contributed by atoms with Crippen molar-refractivity contribution < 1.29 is 9.59 Å². The van der Waals surface area contributed by atoms with Crippen LogP contribution in [0.15, 0.2) is 0 Å². The largest absolute Gasteiger partial charge is 0.359 e. The van der Waals surface area contributed by atoms with Gasteiger partial charge in [-0.1, -0.05) is 20.3 Å². The lowest BCUT2D eigenvalue weighted by Crippen LogP contribution is -2.12. The van der Waals surface area contributed by atoms with E-state index in [9.17, 15) is 9.59 Å². The van der Waals surface area contributed by atoms with E-state index in [1.165, 1.54) is 0 Å². The summed E-state index contributed by atoms with van der Waals surface area (Å²) in [5, 5.41) is 2.59. The second-order valence-electron chi connectivity index (χ2n) is 3.50. The van der Waals surface area contributed by atoms with E-state index in [-0.39, 0.29) is 5.92 Å². The van der Waals surface area contributed by atoms with E-state index in [2.05, 4.69) is 5.32 Å². The fourth-order valence-corrected chi connectivity index (χ4v) is 1.05. The van der Waals surface area contributed by atoms with Gasteiger partial charge in [-0.05, 0) is 12.8 Å². The van der Waals surface area contributed by atoms with Crippen molar-refractivity contribution in [2.45, 2.75) is 39.5 Å². The van der Waals surface area contributed by atoms with Crippen LogP contribution in [0, 0.1) is 5.92 Å². The Balaban J connectivity index is 3.16. The van der Waals surface area contributed by atoms with Crippen molar-refractivity contribution in [3.63, 3.8) is 0 Å². The topological polar surface area (TPSA) is 46.2 Å². The summed E-state index contributed by atoms with van der Waals surface area (Å²) in [7, 11) is 0. The lowest BCUT2D eigenvalue weighted by molar-refractivity contribution is -0.122. The number of rotatable bonds is 8. The van der Waals surface area contributed by atoms with E-state index in [0.29, 0.717) is 18.6 Å². The normalized spacial score (nSPS) is 10.1. The summed E-state index contributed by atoms with van der Waals surface area (Å²) in [6.07, 6.45) is 4.30. The molecule has 0 saturated heterocycles. The highest BCUT2D eigenvalue weighted by Crippen LogP contribution is 2.05. The molecule has 0 saturated carbocycles. The van der Waals surface area contributed by atoms with Gasteiger partial charge in [0, 0.05) is 18.9 Å². The minimum absolute atomic E-state index is 0.160. The Bertz CT molecular complexity index is 155. The molecule has 0 rings (SSSR count). The Morgan fingerprint density at radius 2 is 2.00 bits per heavy atom. The Kier molecular flexibility index (Phi) is 7.26. The Morgan fingerprint density at radius 1 is 1.31 bits per heavy atom. The van der Waals surface area contributed by atoms with Gasteiger partial charge in [0.05, 0.1) is 0 Å². The number of nitrogens with one attached hydrogen (secondary N) is 1. The molecule has 0 aromatic carbocycles. The molecule has 0 aliphatic heterocycles. The van der Waals surface area contributed by atoms with Gasteiger partial charge in [-0.25, -0.2) is 0 Å². The number of carbonyl (C=O) groups is 2. The van der Waals surface area contributed by atoms with Crippen LogP contribution >= 0.6 is 0 Å². The summed E-state index contributed by atoms with van der Waals surface area (Å²) in [4.78, 5) is 21.0. The molecular formula is C10H19NO2. The second-order valence-corrected chi connectivity index (χ2v) is 3.50. The highest BCUT2D eigenvalue weighted by Gasteiger charge is 2.05. The van der Waals surface area contributed by atoms with Gasteiger partial charge in [0.25, 0.3) is 0 Å². The van der Waals surface area contributed by atoms with E-state index in [4.69, 9.17) is 0 Å². The van der Waals surface area contributed by atoms with Gasteiger partial charge in [-0.15, -0.1) is 0 Å². The van der Waals surface area contributed by atoms with Gasteiger partial charge in [-0.3, -0.25) is 9.59 Å². The number of ketones is 1. The molecule has 0 bridgehead atoms. The molecule has 76 valence electrons. The SMILES string of the molecule is CC(C)C(=O)CCCCCNC=O.